The maximum atomic E-state index is 10.2. The molecular weight excluding hydrogens is 204 g/mol. The highest BCUT2D eigenvalue weighted by Crippen LogP contribution is 2.14. The lowest BCUT2D eigenvalue weighted by atomic mass is 10.3. The van der Waals surface area contributed by atoms with Gasteiger partial charge in [-0.3, -0.25) is 4.67 Å². The van der Waals surface area contributed by atoms with Crippen LogP contribution in [0.5, 0.6) is 0 Å². The Hall–Kier alpha value is -1.42. The molecule has 0 bridgehead atoms. The van der Waals surface area contributed by atoms with Gasteiger partial charge in [0, 0.05) is 18.3 Å². The van der Waals surface area contributed by atoms with Crippen molar-refractivity contribution in [1.29, 1.82) is 0 Å². The van der Waals surface area contributed by atoms with Crippen LogP contribution in [0.2, 0.25) is 13.1 Å². The number of hydrogen-bond acceptors (Lipinski definition) is 3. The van der Waals surface area contributed by atoms with Gasteiger partial charge < -0.3 is 4.79 Å². The standard InChI is InChI=1S/C11H16N2OSi/c1-15(2)13(12-9-6-10-14)11-7-4-3-5-8-11/h3-5,7-10,15H,6H2,1-2H3. The van der Waals surface area contributed by atoms with Gasteiger partial charge in [0.25, 0.3) is 0 Å². The average Bonchev–Trinajstić information content (AvgIpc) is 2.25. The molecule has 0 aromatic heterocycles. The zero-order chi connectivity index (χ0) is 11.1. The molecule has 0 unspecified atom stereocenters. The minimum atomic E-state index is -1.04. The number of para-hydroxylation sites is 1. The number of aldehydes is 1. The van der Waals surface area contributed by atoms with Gasteiger partial charge in [0.05, 0.1) is 0 Å². The molecule has 0 fully saturated rings. The first-order chi connectivity index (χ1) is 7.25. The van der Waals surface area contributed by atoms with Gasteiger partial charge in [-0.15, -0.1) is 0 Å². The third kappa shape index (κ3) is 3.67. The predicted molar refractivity (Wildman–Crippen MR) is 67.0 cm³/mol. The molecular formula is C11H16N2OSi. The van der Waals surface area contributed by atoms with Gasteiger partial charge in [-0.05, 0) is 12.1 Å². The molecule has 0 radical (unpaired) electrons. The van der Waals surface area contributed by atoms with E-state index in [0.717, 1.165) is 12.0 Å². The van der Waals surface area contributed by atoms with Crippen LogP contribution in [0.4, 0.5) is 5.69 Å². The highest BCUT2D eigenvalue weighted by molar-refractivity contribution is 6.60. The normalized spacial score (nSPS) is 10.9. The number of rotatable bonds is 5. The maximum Gasteiger partial charge on any atom is 0.164 e. The summed E-state index contributed by atoms with van der Waals surface area (Å²) >= 11 is 0. The smallest absolute Gasteiger partial charge is 0.164 e. The zero-order valence-electron chi connectivity index (χ0n) is 9.13. The number of anilines is 1. The molecule has 1 rings (SSSR count). The summed E-state index contributed by atoms with van der Waals surface area (Å²) < 4.78 is 2.03. The molecule has 4 heteroatoms. The first-order valence-corrected chi connectivity index (χ1v) is 7.88. The van der Waals surface area contributed by atoms with Crippen molar-refractivity contribution in [1.82, 2.24) is 0 Å². The predicted octanol–water partition coefficient (Wildman–Crippen LogP) is 2.05. The van der Waals surface area contributed by atoms with Crippen molar-refractivity contribution in [3.63, 3.8) is 0 Å². The van der Waals surface area contributed by atoms with Crippen molar-refractivity contribution in [3.8, 4) is 0 Å². The van der Waals surface area contributed by atoms with Crippen LogP contribution < -0.4 is 4.67 Å². The average molecular weight is 220 g/mol. The van der Waals surface area contributed by atoms with E-state index in [2.05, 4.69) is 18.2 Å². The number of carbonyl (C=O) groups excluding carboxylic acids is 1. The summed E-state index contributed by atoms with van der Waals surface area (Å²) in [7, 11) is -1.04. The van der Waals surface area contributed by atoms with Crippen LogP contribution in [0.3, 0.4) is 0 Å². The van der Waals surface area contributed by atoms with Gasteiger partial charge in [-0.25, -0.2) is 0 Å². The van der Waals surface area contributed by atoms with Gasteiger partial charge in [0.15, 0.2) is 8.96 Å². The summed E-state index contributed by atoms with van der Waals surface area (Å²) in [5.74, 6) is 0. The first kappa shape index (κ1) is 11.7. The van der Waals surface area contributed by atoms with Crippen LogP contribution in [0.1, 0.15) is 6.42 Å². The second kappa shape index (κ2) is 6.13. The highest BCUT2D eigenvalue weighted by atomic mass is 28.3. The summed E-state index contributed by atoms with van der Waals surface area (Å²) in [6, 6.07) is 10.0. The molecule has 0 aliphatic heterocycles. The quantitative estimate of drug-likeness (QED) is 0.329. The highest BCUT2D eigenvalue weighted by Gasteiger charge is 2.08. The fourth-order valence-electron chi connectivity index (χ4n) is 1.26. The van der Waals surface area contributed by atoms with Crippen molar-refractivity contribution < 1.29 is 4.79 Å². The van der Waals surface area contributed by atoms with Crippen LogP contribution in [-0.4, -0.2) is 21.5 Å². The van der Waals surface area contributed by atoms with Crippen molar-refractivity contribution in [2.75, 3.05) is 4.67 Å². The van der Waals surface area contributed by atoms with Crippen molar-refractivity contribution in [2.45, 2.75) is 19.5 Å². The van der Waals surface area contributed by atoms with Gasteiger partial charge in [-0.2, -0.15) is 5.10 Å². The molecule has 0 N–H and O–H groups in total. The number of nitrogens with zero attached hydrogens (tertiary/aromatic N) is 2. The largest absolute Gasteiger partial charge is 0.303 e. The van der Waals surface area contributed by atoms with E-state index in [1.54, 1.807) is 6.21 Å². The summed E-state index contributed by atoms with van der Waals surface area (Å²) in [4.78, 5) is 10.2. The Bertz CT molecular complexity index is 325. The Morgan fingerprint density at radius 1 is 1.33 bits per heavy atom. The molecule has 0 aliphatic rings. The molecule has 0 saturated carbocycles. The minimum Gasteiger partial charge on any atom is -0.303 e. The molecule has 15 heavy (non-hydrogen) atoms. The van der Waals surface area contributed by atoms with Gasteiger partial charge >= 0.3 is 0 Å². The van der Waals surface area contributed by atoms with Crippen molar-refractivity contribution in [3.05, 3.63) is 30.3 Å². The SMILES string of the molecule is C[SiH](C)N(N=CCC=O)c1ccccc1. The molecule has 0 aliphatic carbocycles. The van der Waals surface area contributed by atoms with E-state index in [-0.39, 0.29) is 0 Å². The topological polar surface area (TPSA) is 32.7 Å². The maximum absolute atomic E-state index is 10.2. The van der Waals surface area contributed by atoms with E-state index in [1.165, 1.54) is 0 Å². The summed E-state index contributed by atoms with van der Waals surface area (Å²) in [6.07, 6.45) is 2.89. The lowest BCUT2D eigenvalue weighted by molar-refractivity contribution is -0.106. The summed E-state index contributed by atoms with van der Waals surface area (Å²) in [5, 5.41) is 4.32. The number of carbonyl (C=O) groups is 1. The van der Waals surface area contributed by atoms with Gasteiger partial charge in [0.1, 0.15) is 6.29 Å². The van der Waals surface area contributed by atoms with Gasteiger partial charge in [-0.1, -0.05) is 31.3 Å². The third-order valence-corrected chi connectivity index (χ3v) is 3.33. The second-order valence-electron chi connectivity index (χ2n) is 3.47. The Morgan fingerprint density at radius 3 is 2.53 bits per heavy atom. The molecule has 0 spiro atoms. The Labute approximate surface area is 92.1 Å². The van der Waals surface area contributed by atoms with E-state index < -0.39 is 8.96 Å². The third-order valence-electron chi connectivity index (χ3n) is 1.92. The molecule has 0 atom stereocenters. The fraction of sp³-hybridized carbons (Fsp3) is 0.273. The van der Waals surface area contributed by atoms with E-state index in [9.17, 15) is 4.79 Å². The number of hydrogen-bond donors (Lipinski definition) is 0. The Kier molecular flexibility index (Phi) is 4.76. The molecule has 3 nitrogen and oxygen atoms in total. The molecule has 0 saturated heterocycles. The molecule has 0 heterocycles. The lowest BCUT2D eigenvalue weighted by Crippen LogP contribution is -2.29. The van der Waals surface area contributed by atoms with Crippen LogP contribution in [0.15, 0.2) is 35.4 Å². The first-order valence-electron chi connectivity index (χ1n) is 5.06. The van der Waals surface area contributed by atoms with Crippen LogP contribution >= 0.6 is 0 Å². The molecule has 0 amide bonds. The number of benzene rings is 1. The van der Waals surface area contributed by atoms with E-state index in [4.69, 9.17) is 0 Å². The summed E-state index contributed by atoms with van der Waals surface area (Å²) in [5.41, 5.74) is 1.10. The Morgan fingerprint density at radius 2 is 2.00 bits per heavy atom. The van der Waals surface area contributed by atoms with Gasteiger partial charge in [0.2, 0.25) is 0 Å². The van der Waals surface area contributed by atoms with Crippen LogP contribution in [-0.2, 0) is 4.79 Å². The second-order valence-corrected chi connectivity index (χ2v) is 6.15. The van der Waals surface area contributed by atoms with E-state index in [0.29, 0.717) is 6.42 Å². The monoisotopic (exact) mass is 220 g/mol. The van der Waals surface area contributed by atoms with Crippen LogP contribution in [0.25, 0.3) is 0 Å². The molecule has 80 valence electrons. The van der Waals surface area contributed by atoms with Crippen molar-refractivity contribution in [2.24, 2.45) is 5.10 Å². The fourth-order valence-corrected chi connectivity index (χ4v) is 2.39. The summed E-state index contributed by atoms with van der Waals surface area (Å²) in [6.45, 7) is 4.40. The molecule has 1 aromatic carbocycles. The zero-order valence-corrected chi connectivity index (χ0v) is 10.3. The Balaban J connectivity index is 2.79. The minimum absolute atomic E-state index is 0.379. The van der Waals surface area contributed by atoms with Crippen LogP contribution in [0, 0.1) is 0 Å². The van der Waals surface area contributed by atoms with E-state index in [1.807, 2.05) is 35.0 Å². The number of hydrazone groups is 1. The molecule has 1 aromatic rings. The van der Waals surface area contributed by atoms with Crippen molar-refractivity contribution >= 4 is 27.1 Å². The van der Waals surface area contributed by atoms with E-state index >= 15 is 0 Å². The lowest BCUT2D eigenvalue weighted by Gasteiger charge is -2.22.